The molecule has 0 atom stereocenters. The van der Waals surface area contributed by atoms with Gasteiger partial charge in [0, 0.05) is 6.07 Å². The number of hydrogen-bond donors (Lipinski definition) is 0. The van der Waals surface area contributed by atoms with Gasteiger partial charge in [0.1, 0.15) is 5.30 Å². The van der Waals surface area contributed by atoms with Crippen LogP contribution in [0.3, 0.4) is 0 Å². The Hall–Kier alpha value is -1.23. The lowest BCUT2D eigenvalue weighted by atomic mass is 10.3. The van der Waals surface area contributed by atoms with E-state index in [2.05, 4.69) is 0 Å². The van der Waals surface area contributed by atoms with E-state index in [-0.39, 0.29) is 24.2 Å². The molecule has 0 amide bonds. The summed E-state index contributed by atoms with van der Waals surface area (Å²) in [5.74, 6) is 0. The predicted octanol–water partition coefficient (Wildman–Crippen LogP) is 1.46. The van der Waals surface area contributed by atoms with Gasteiger partial charge < -0.3 is 9.05 Å². The van der Waals surface area contributed by atoms with E-state index in [1.165, 1.54) is 18.2 Å². The minimum Gasteiger partial charge on any atom is -0.303 e. The SMILES string of the molecule is O=[N+]([O-])c1ccccc1P1(=O)OCCO1. The fourth-order valence-electron chi connectivity index (χ4n) is 1.34. The van der Waals surface area contributed by atoms with Crippen molar-refractivity contribution in [3.8, 4) is 0 Å². The minimum absolute atomic E-state index is 0.0208. The monoisotopic (exact) mass is 229 g/mol. The van der Waals surface area contributed by atoms with Crippen LogP contribution in [0, 0.1) is 10.1 Å². The molecule has 0 spiro atoms. The zero-order valence-corrected chi connectivity index (χ0v) is 8.55. The molecule has 1 heterocycles. The van der Waals surface area contributed by atoms with Gasteiger partial charge in [-0.3, -0.25) is 14.7 Å². The molecule has 1 aliphatic rings. The first kappa shape index (κ1) is 10.3. The number of para-hydroxylation sites is 1. The van der Waals surface area contributed by atoms with Crippen LogP contribution in [0.2, 0.25) is 0 Å². The highest BCUT2D eigenvalue weighted by atomic mass is 31.2. The second kappa shape index (κ2) is 3.73. The van der Waals surface area contributed by atoms with E-state index in [9.17, 15) is 14.7 Å². The standard InChI is InChI=1S/C8H8NO5P/c10-9(11)7-3-1-2-4-8(7)15(12)13-5-6-14-15/h1-4H,5-6H2. The van der Waals surface area contributed by atoms with Gasteiger partial charge in [0.25, 0.3) is 5.69 Å². The van der Waals surface area contributed by atoms with E-state index in [1.807, 2.05) is 0 Å². The highest BCUT2D eigenvalue weighted by Gasteiger charge is 2.38. The molecule has 0 unspecified atom stereocenters. The largest absolute Gasteiger partial charge is 0.368 e. The summed E-state index contributed by atoms with van der Waals surface area (Å²) in [4.78, 5) is 10.1. The predicted molar refractivity (Wildman–Crippen MR) is 52.2 cm³/mol. The lowest BCUT2D eigenvalue weighted by Gasteiger charge is -2.08. The quantitative estimate of drug-likeness (QED) is 0.435. The summed E-state index contributed by atoms with van der Waals surface area (Å²) in [7, 11) is -3.46. The van der Waals surface area contributed by atoms with Crippen molar-refractivity contribution in [2.24, 2.45) is 0 Å². The van der Waals surface area contributed by atoms with E-state index in [0.717, 1.165) is 0 Å². The van der Waals surface area contributed by atoms with Crippen LogP contribution in [0.5, 0.6) is 0 Å². The van der Waals surface area contributed by atoms with Crippen LogP contribution >= 0.6 is 7.60 Å². The maximum atomic E-state index is 12.0. The molecule has 0 radical (unpaired) electrons. The van der Waals surface area contributed by atoms with Gasteiger partial charge in [-0.2, -0.15) is 0 Å². The lowest BCUT2D eigenvalue weighted by molar-refractivity contribution is -0.383. The summed E-state index contributed by atoms with van der Waals surface area (Å²) < 4.78 is 21.9. The van der Waals surface area contributed by atoms with Gasteiger partial charge in [-0.25, -0.2) is 0 Å². The fraction of sp³-hybridized carbons (Fsp3) is 0.250. The van der Waals surface area contributed by atoms with Crippen molar-refractivity contribution in [2.75, 3.05) is 13.2 Å². The molecule has 0 saturated carbocycles. The van der Waals surface area contributed by atoms with Gasteiger partial charge in [0.2, 0.25) is 0 Å². The molecule has 0 aromatic heterocycles. The zero-order chi connectivity index (χ0) is 10.9. The van der Waals surface area contributed by atoms with Crippen LogP contribution in [0.1, 0.15) is 0 Å². The second-order valence-corrected chi connectivity index (χ2v) is 4.90. The molecule has 0 N–H and O–H groups in total. The summed E-state index contributed by atoms with van der Waals surface area (Å²) in [5, 5.41) is 10.7. The smallest absolute Gasteiger partial charge is 0.303 e. The molecular formula is C8H8NO5P. The van der Waals surface area contributed by atoms with Crippen LogP contribution in [0.25, 0.3) is 0 Å². The van der Waals surface area contributed by atoms with E-state index < -0.39 is 12.5 Å². The Morgan fingerprint density at radius 2 is 1.87 bits per heavy atom. The maximum Gasteiger partial charge on any atom is 0.368 e. The molecule has 7 heteroatoms. The molecule has 6 nitrogen and oxygen atoms in total. The average Bonchev–Trinajstić information content (AvgIpc) is 2.66. The van der Waals surface area contributed by atoms with Crippen molar-refractivity contribution in [2.45, 2.75) is 0 Å². The molecule has 1 aliphatic heterocycles. The normalized spacial score (nSPS) is 18.9. The molecule has 1 aromatic carbocycles. The molecule has 1 aromatic rings. The van der Waals surface area contributed by atoms with Crippen LogP contribution in [0.4, 0.5) is 5.69 Å². The van der Waals surface area contributed by atoms with Crippen molar-refractivity contribution in [3.63, 3.8) is 0 Å². The molecular weight excluding hydrogens is 221 g/mol. The van der Waals surface area contributed by atoms with Gasteiger partial charge >= 0.3 is 7.60 Å². The van der Waals surface area contributed by atoms with E-state index in [0.29, 0.717) is 0 Å². The Morgan fingerprint density at radius 3 is 2.47 bits per heavy atom. The molecule has 15 heavy (non-hydrogen) atoms. The Balaban J connectivity index is 2.52. The summed E-state index contributed by atoms with van der Waals surface area (Å²) in [6.07, 6.45) is 0. The van der Waals surface area contributed by atoms with Crippen LogP contribution in [-0.4, -0.2) is 18.1 Å². The molecule has 0 bridgehead atoms. The van der Waals surface area contributed by atoms with E-state index in [4.69, 9.17) is 9.05 Å². The van der Waals surface area contributed by atoms with Gasteiger partial charge in [0.05, 0.1) is 18.1 Å². The number of rotatable bonds is 2. The Labute approximate surface area is 85.5 Å². The van der Waals surface area contributed by atoms with E-state index >= 15 is 0 Å². The number of nitro benzene ring substituents is 1. The van der Waals surface area contributed by atoms with Crippen molar-refractivity contribution >= 4 is 18.6 Å². The third-order valence-electron chi connectivity index (χ3n) is 1.98. The Bertz CT molecular complexity index is 436. The number of benzene rings is 1. The third kappa shape index (κ3) is 1.79. The van der Waals surface area contributed by atoms with E-state index in [1.54, 1.807) is 6.07 Å². The van der Waals surface area contributed by atoms with Gasteiger partial charge in [-0.1, -0.05) is 12.1 Å². The first-order valence-electron chi connectivity index (χ1n) is 4.26. The Morgan fingerprint density at radius 1 is 1.27 bits per heavy atom. The second-order valence-electron chi connectivity index (χ2n) is 2.91. The van der Waals surface area contributed by atoms with Crippen molar-refractivity contribution in [1.82, 2.24) is 0 Å². The highest BCUT2D eigenvalue weighted by Crippen LogP contribution is 2.52. The fourth-order valence-corrected chi connectivity index (χ4v) is 3.03. The van der Waals surface area contributed by atoms with Crippen molar-refractivity contribution in [1.29, 1.82) is 0 Å². The minimum atomic E-state index is -3.46. The number of hydrogen-bond acceptors (Lipinski definition) is 5. The Kier molecular flexibility index (Phi) is 2.56. The average molecular weight is 229 g/mol. The molecule has 1 saturated heterocycles. The van der Waals surface area contributed by atoms with Crippen LogP contribution in [-0.2, 0) is 13.6 Å². The maximum absolute atomic E-state index is 12.0. The van der Waals surface area contributed by atoms with Gasteiger partial charge in [-0.05, 0) is 6.07 Å². The highest BCUT2D eigenvalue weighted by molar-refractivity contribution is 7.62. The number of nitrogens with zero attached hydrogens (tertiary/aromatic N) is 1. The van der Waals surface area contributed by atoms with Gasteiger partial charge in [0.15, 0.2) is 0 Å². The first-order chi connectivity index (χ1) is 7.13. The summed E-state index contributed by atoms with van der Waals surface area (Å²) in [5.41, 5.74) is -0.234. The van der Waals surface area contributed by atoms with Crippen molar-refractivity contribution < 1.29 is 18.5 Å². The number of nitro groups is 1. The zero-order valence-electron chi connectivity index (χ0n) is 7.66. The first-order valence-corrected chi connectivity index (χ1v) is 5.81. The summed E-state index contributed by atoms with van der Waals surface area (Å²) in [6, 6.07) is 5.74. The summed E-state index contributed by atoms with van der Waals surface area (Å²) >= 11 is 0. The van der Waals surface area contributed by atoms with Crippen LogP contribution < -0.4 is 5.30 Å². The molecule has 80 valence electrons. The van der Waals surface area contributed by atoms with Crippen LogP contribution in [0.15, 0.2) is 24.3 Å². The molecule has 2 rings (SSSR count). The topological polar surface area (TPSA) is 78.7 Å². The van der Waals surface area contributed by atoms with Gasteiger partial charge in [-0.15, -0.1) is 0 Å². The third-order valence-corrected chi connectivity index (χ3v) is 3.99. The lowest BCUT2D eigenvalue weighted by Crippen LogP contribution is -2.10. The molecule has 0 aliphatic carbocycles. The summed E-state index contributed by atoms with van der Waals surface area (Å²) in [6.45, 7) is 0.395. The molecule has 1 fully saturated rings. The van der Waals surface area contributed by atoms with Crippen molar-refractivity contribution in [3.05, 3.63) is 34.4 Å².